The summed E-state index contributed by atoms with van der Waals surface area (Å²) in [5, 5.41) is 2.71. The third kappa shape index (κ3) is 4.33. The van der Waals surface area contributed by atoms with Crippen molar-refractivity contribution in [2.75, 3.05) is 17.3 Å². The highest BCUT2D eigenvalue weighted by atomic mass is 32.2. The minimum Gasteiger partial charge on any atom is -0.341 e. The molecule has 1 aliphatic rings. The Bertz CT molecular complexity index is 353. The van der Waals surface area contributed by atoms with Crippen LogP contribution in [0.1, 0.15) is 33.1 Å². The van der Waals surface area contributed by atoms with Gasteiger partial charge in [-0.15, -0.1) is 0 Å². The maximum Gasteiger partial charge on any atom is 0.279 e. The Kier molecular flexibility index (Phi) is 4.67. The topological polar surface area (TPSA) is 63.2 Å². The number of hydrogen-bond acceptors (Lipinski definition) is 4. The molecule has 1 N–H and O–H groups in total. The van der Waals surface area contributed by atoms with Crippen molar-refractivity contribution in [3.8, 4) is 0 Å². The van der Waals surface area contributed by atoms with Gasteiger partial charge in [0.15, 0.2) is 9.84 Å². The Labute approximate surface area is 101 Å². The standard InChI is InChI=1S/C10H19NO3S2/c1-3-4-6-15-9(12)11-10(2)5-7-16(13,14)8-10/h3-8H2,1-2H3,(H,11,12). The molecule has 1 heterocycles. The molecule has 94 valence electrons. The van der Waals surface area contributed by atoms with E-state index in [9.17, 15) is 13.2 Å². The predicted molar refractivity (Wildman–Crippen MR) is 67.6 cm³/mol. The van der Waals surface area contributed by atoms with Gasteiger partial charge in [-0.25, -0.2) is 8.42 Å². The Morgan fingerprint density at radius 3 is 2.69 bits per heavy atom. The van der Waals surface area contributed by atoms with Crippen LogP contribution in [0.25, 0.3) is 0 Å². The fourth-order valence-electron chi connectivity index (χ4n) is 1.70. The number of carbonyl (C=O) groups excluding carboxylic acids is 1. The molecule has 1 rings (SSSR count). The normalized spacial score (nSPS) is 27.9. The van der Waals surface area contributed by atoms with Crippen LogP contribution in [0.15, 0.2) is 0 Å². The van der Waals surface area contributed by atoms with Crippen molar-refractivity contribution >= 4 is 26.8 Å². The molecule has 6 heteroatoms. The van der Waals surface area contributed by atoms with Crippen LogP contribution in [0.2, 0.25) is 0 Å². The lowest BCUT2D eigenvalue weighted by Gasteiger charge is -2.23. The molecule has 0 aromatic carbocycles. The first-order valence-corrected chi connectivity index (χ1v) is 8.33. The molecule has 1 unspecified atom stereocenters. The van der Waals surface area contributed by atoms with Gasteiger partial charge in [-0.3, -0.25) is 4.79 Å². The van der Waals surface area contributed by atoms with Crippen LogP contribution in [0.3, 0.4) is 0 Å². The summed E-state index contributed by atoms with van der Waals surface area (Å²) in [7, 11) is -2.95. The van der Waals surface area contributed by atoms with Crippen molar-refractivity contribution in [1.82, 2.24) is 5.32 Å². The molecule has 1 saturated heterocycles. The van der Waals surface area contributed by atoms with Gasteiger partial charge in [-0.2, -0.15) is 0 Å². The second-order valence-electron chi connectivity index (χ2n) is 4.52. The van der Waals surface area contributed by atoms with E-state index in [1.165, 1.54) is 11.8 Å². The number of nitrogens with one attached hydrogen (secondary N) is 1. The minimum atomic E-state index is -2.95. The van der Waals surface area contributed by atoms with Crippen LogP contribution >= 0.6 is 11.8 Å². The van der Waals surface area contributed by atoms with E-state index in [-0.39, 0.29) is 16.7 Å². The number of unbranched alkanes of at least 4 members (excludes halogenated alkanes) is 1. The van der Waals surface area contributed by atoms with Gasteiger partial charge in [0.1, 0.15) is 0 Å². The summed E-state index contributed by atoms with van der Waals surface area (Å²) in [5.41, 5.74) is -0.560. The second kappa shape index (κ2) is 5.40. The summed E-state index contributed by atoms with van der Waals surface area (Å²) in [4.78, 5) is 11.5. The van der Waals surface area contributed by atoms with E-state index >= 15 is 0 Å². The summed E-state index contributed by atoms with van der Waals surface area (Å²) in [5.74, 6) is 1.05. The molecule has 0 saturated carbocycles. The van der Waals surface area contributed by atoms with Crippen molar-refractivity contribution in [3.63, 3.8) is 0 Å². The summed E-state index contributed by atoms with van der Waals surface area (Å²) >= 11 is 1.24. The number of thioether (sulfide) groups is 1. The third-order valence-electron chi connectivity index (χ3n) is 2.64. The van der Waals surface area contributed by atoms with Gasteiger partial charge in [-0.1, -0.05) is 25.1 Å². The summed E-state index contributed by atoms with van der Waals surface area (Å²) < 4.78 is 22.7. The van der Waals surface area contributed by atoms with Gasteiger partial charge in [-0.05, 0) is 19.8 Å². The summed E-state index contributed by atoms with van der Waals surface area (Å²) in [6.45, 7) is 3.87. The Balaban J connectivity index is 2.39. The Morgan fingerprint density at radius 1 is 1.50 bits per heavy atom. The molecule has 1 fully saturated rings. The van der Waals surface area contributed by atoms with Gasteiger partial charge < -0.3 is 5.32 Å². The molecular weight excluding hydrogens is 246 g/mol. The lowest BCUT2D eigenvalue weighted by atomic mass is 10.0. The quantitative estimate of drug-likeness (QED) is 0.787. The number of carbonyl (C=O) groups is 1. The SMILES string of the molecule is CCCCSC(=O)NC1(C)CCS(=O)(=O)C1. The van der Waals surface area contributed by atoms with Crippen molar-refractivity contribution in [2.45, 2.75) is 38.6 Å². The Morgan fingerprint density at radius 2 is 2.19 bits per heavy atom. The van der Waals surface area contributed by atoms with Crippen LogP contribution in [-0.4, -0.2) is 36.5 Å². The van der Waals surface area contributed by atoms with E-state index in [1.54, 1.807) is 6.92 Å². The van der Waals surface area contributed by atoms with Gasteiger partial charge in [0.05, 0.1) is 17.0 Å². The van der Waals surface area contributed by atoms with Crippen molar-refractivity contribution < 1.29 is 13.2 Å². The number of sulfone groups is 1. The summed E-state index contributed by atoms with van der Waals surface area (Å²) in [6.07, 6.45) is 2.59. The third-order valence-corrected chi connectivity index (χ3v) is 5.40. The largest absolute Gasteiger partial charge is 0.341 e. The lowest BCUT2D eigenvalue weighted by molar-refractivity contribution is 0.251. The van der Waals surface area contributed by atoms with Crippen LogP contribution in [-0.2, 0) is 9.84 Å². The lowest BCUT2D eigenvalue weighted by Crippen LogP contribution is -2.45. The Hall–Kier alpha value is -0.230. The van der Waals surface area contributed by atoms with Gasteiger partial charge in [0.2, 0.25) is 0 Å². The predicted octanol–water partition coefficient (Wildman–Crippen LogP) is 1.81. The molecule has 0 spiro atoms. The maximum absolute atomic E-state index is 11.5. The van der Waals surface area contributed by atoms with E-state index in [2.05, 4.69) is 12.2 Å². The number of amides is 1. The molecule has 0 radical (unpaired) electrons. The van der Waals surface area contributed by atoms with Crippen LogP contribution < -0.4 is 5.32 Å². The smallest absolute Gasteiger partial charge is 0.279 e. The molecular formula is C10H19NO3S2. The number of rotatable bonds is 4. The van der Waals surface area contributed by atoms with Crippen molar-refractivity contribution in [3.05, 3.63) is 0 Å². The van der Waals surface area contributed by atoms with Crippen molar-refractivity contribution in [2.24, 2.45) is 0 Å². The fraction of sp³-hybridized carbons (Fsp3) is 0.900. The molecule has 0 aromatic heterocycles. The minimum absolute atomic E-state index is 0.0695. The van der Waals surface area contributed by atoms with Gasteiger partial charge >= 0.3 is 0 Å². The van der Waals surface area contributed by atoms with E-state index in [1.807, 2.05) is 0 Å². The zero-order valence-corrected chi connectivity index (χ0v) is 11.4. The average Bonchev–Trinajstić information content (AvgIpc) is 2.40. The molecule has 16 heavy (non-hydrogen) atoms. The first-order chi connectivity index (χ1) is 7.37. The first kappa shape index (κ1) is 13.8. The monoisotopic (exact) mass is 265 g/mol. The highest BCUT2D eigenvalue weighted by Crippen LogP contribution is 2.24. The first-order valence-electron chi connectivity index (χ1n) is 5.52. The average molecular weight is 265 g/mol. The molecule has 1 aliphatic heterocycles. The zero-order chi connectivity index (χ0) is 12.2. The highest BCUT2D eigenvalue weighted by Gasteiger charge is 2.39. The van der Waals surface area contributed by atoms with Gasteiger partial charge in [0.25, 0.3) is 5.24 Å². The van der Waals surface area contributed by atoms with Gasteiger partial charge in [0, 0.05) is 5.75 Å². The molecule has 1 atom stereocenters. The molecule has 1 amide bonds. The van der Waals surface area contributed by atoms with Crippen LogP contribution in [0, 0.1) is 0 Å². The van der Waals surface area contributed by atoms with E-state index in [4.69, 9.17) is 0 Å². The van der Waals surface area contributed by atoms with E-state index < -0.39 is 15.4 Å². The maximum atomic E-state index is 11.5. The molecule has 0 aromatic rings. The molecule has 0 bridgehead atoms. The fourth-order valence-corrected chi connectivity index (χ4v) is 4.73. The summed E-state index contributed by atoms with van der Waals surface area (Å²) in [6, 6.07) is 0. The zero-order valence-electron chi connectivity index (χ0n) is 9.78. The van der Waals surface area contributed by atoms with E-state index in [0.29, 0.717) is 6.42 Å². The van der Waals surface area contributed by atoms with E-state index in [0.717, 1.165) is 18.6 Å². The van der Waals surface area contributed by atoms with Crippen LogP contribution in [0.5, 0.6) is 0 Å². The molecule has 0 aliphatic carbocycles. The van der Waals surface area contributed by atoms with Crippen molar-refractivity contribution in [1.29, 1.82) is 0 Å². The second-order valence-corrected chi connectivity index (χ2v) is 7.77. The highest BCUT2D eigenvalue weighted by molar-refractivity contribution is 8.13. The van der Waals surface area contributed by atoms with Crippen LogP contribution in [0.4, 0.5) is 4.79 Å². The number of hydrogen-bond donors (Lipinski definition) is 1. The molecule has 4 nitrogen and oxygen atoms in total.